The van der Waals surface area contributed by atoms with E-state index in [2.05, 4.69) is 11.1 Å². The van der Waals surface area contributed by atoms with E-state index in [-0.39, 0.29) is 17.7 Å². The Morgan fingerprint density at radius 1 is 1.11 bits per heavy atom. The fraction of sp³-hybridized carbons (Fsp3) is 0.296. The van der Waals surface area contributed by atoms with Crippen molar-refractivity contribution in [1.82, 2.24) is 10.0 Å². The van der Waals surface area contributed by atoms with Crippen LogP contribution in [-0.2, 0) is 17.4 Å². The summed E-state index contributed by atoms with van der Waals surface area (Å²) < 4.78 is 38.9. The zero-order valence-corrected chi connectivity index (χ0v) is 20.7. The van der Waals surface area contributed by atoms with E-state index in [1.807, 2.05) is 18.2 Å². The fourth-order valence-electron chi connectivity index (χ4n) is 3.73. The van der Waals surface area contributed by atoms with Crippen LogP contribution in [0.4, 0.5) is 13.2 Å². The predicted octanol–water partition coefficient (Wildman–Crippen LogP) is 6.82. The number of amides is 1. The van der Waals surface area contributed by atoms with Gasteiger partial charge in [-0.3, -0.25) is 4.79 Å². The first-order valence-corrected chi connectivity index (χ1v) is 11.7. The average molecular weight is 516 g/mol. The first kappa shape index (κ1) is 27.0. The minimum Gasteiger partial charge on any atom is -0.356 e. The molecule has 0 spiro atoms. The van der Waals surface area contributed by atoms with Gasteiger partial charge in [-0.2, -0.15) is 23.5 Å². The Bertz CT molecular complexity index is 1220. The van der Waals surface area contributed by atoms with E-state index in [9.17, 15) is 23.2 Å². The summed E-state index contributed by atoms with van der Waals surface area (Å²) in [6, 6.07) is 17.9. The topological polar surface area (TPSA) is 66.2 Å². The maximum absolute atomic E-state index is 13.2. The summed E-state index contributed by atoms with van der Waals surface area (Å²) in [6.45, 7) is 5.20. The van der Waals surface area contributed by atoms with Gasteiger partial charge in [0.1, 0.15) is 0 Å². The predicted molar refractivity (Wildman–Crippen MR) is 130 cm³/mol. The van der Waals surface area contributed by atoms with Crippen LogP contribution in [0.15, 0.2) is 66.9 Å². The lowest BCUT2D eigenvalue weighted by Crippen LogP contribution is -2.46. The number of pyridine rings is 1. The quantitative estimate of drug-likeness (QED) is 0.309. The second-order valence-corrected chi connectivity index (χ2v) is 9.14. The normalized spacial score (nSPS) is 13.1. The molecule has 0 aliphatic rings. The average Bonchev–Trinajstić information content (AvgIpc) is 2.85. The summed E-state index contributed by atoms with van der Waals surface area (Å²) in [7, 11) is 0. The second-order valence-electron chi connectivity index (χ2n) is 8.71. The van der Waals surface area contributed by atoms with Crippen LogP contribution >= 0.6 is 11.6 Å². The lowest BCUT2D eigenvalue weighted by atomic mass is 9.85. The van der Waals surface area contributed by atoms with E-state index < -0.39 is 23.7 Å². The highest BCUT2D eigenvalue weighted by Gasteiger charge is 2.34. The van der Waals surface area contributed by atoms with Gasteiger partial charge in [0.05, 0.1) is 23.2 Å². The molecule has 5 nitrogen and oxygen atoms in total. The van der Waals surface area contributed by atoms with Gasteiger partial charge in [0, 0.05) is 29.1 Å². The molecule has 0 saturated carbocycles. The van der Waals surface area contributed by atoms with Crippen LogP contribution in [0.2, 0.25) is 5.02 Å². The summed E-state index contributed by atoms with van der Waals surface area (Å²) in [5.74, 6) is -1.28. The third-order valence-corrected chi connectivity index (χ3v) is 5.98. The molecule has 2 atom stereocenters. The van der Waals surface area contributed by atoms with E-state index in [4.69, 9.17) is 16.4 Å². The van der Waals surface area contributed by atoms with Gasteiger partial charge >= 0.3 is 6.18 Å². The van der Waals surface area contributed by atoms with Crippen LogP contribution in [0, 0.1) is 17.2 Å². The summed E-state index contributed by atoms with van der Waals surface area (Å²) in [5.41, 5.74) is 1.30. The lowest BCUT2D eigenvalue weighted by Gasteiger charge is -2.35. The maximum atomic E-state index is 13.2. The number of nitrogens with zero attached hydrogens (tertiary/aromatic N) is 3. The summed E-state index contributed by atoms with van der Waals surface area (Å²) in [5, 5.41) is 11.2. The number of nitriles is 1. The number of carbonyl (C=O) groups is 1. The molecule has 0 saturated heterocycles. The van der Waals surface area contributed by atoms with Gasteiger partial charge in [0.15, 0.2) is 0 Å². The van der Waals surface area contributed by atoms with Crippen molar-refractivity contribution in [2.45, 2.75) is 45.3 Å². The number of benzene rings is 2. The van der Waals surface area contributed by atoms with Crippen molar-refractivity contribution < 1.29 is 22.8 Å². The first-order valence-electron chi connectivity index (χ1n) is 11.3. The minimum atomic E-state index is -4.54. The van der Waals surface area contributed by atoms with Crippen LogP contribution in [0.25, 0.3) is 0 Å². The largest absolute Gasteiger partial charge is 0.417 e. The van der Waals surface area contributed by atoms with Crippen molar-refractivity contribution in [3.63, 3.8) is 0 Å². The number of alkyl halides is 3. The number of carbonyl (C=O) groups excluding carboxylic acids is 1. The molecular formula is C27H25ClF3N3O2. The molecule has 1 amide bonds. The molecule has 0 N–H and O–H groups in total. The Hall–Kier alpha value is -3.57. The summed E-state index contributed by atoms with van der Waals surface area (Å²) >= 11 is 6.04. The number of rotatable bonds is 8. The number of halogens is 4. The van der Waals surface area contributed by atoms with Crippen molar-refractivity contribution in [2.24, 2.45) is 5.92 Å². The summed E-state index contributed by atoms with van der Waals surface area (Å²) in [4.78, 5) is 22.8. The third kappa shape index (κ3) is 6.76. The van der Waals surface area contributed by atoms with Gasteiger partial charge in [-0.15, -0.1) is 0 Å². The molecule has 188 valence electrons. The molecule has 1 heterocycles. The van der Waals surface area contributed by atoms with Gasteiger partial charge in [0.25, 0.3) is 5.91 Å². The Kier molecular flexibility index (Phi) is 8.59. The smallest absolute Gasteiger partial charge is 0.356 e. The van der Waals surface area contributed by atoms with E-state index >= 15 is 0 Å². The molecule has 36 heavy (non-hydrogen) atoms. The van der Waals surface area contributed by atoms with Crippen molar-refractivity contribution >= 4 is 17.5 Å². The van der Waals surface area contributed by atoms with Crippen LogP contribution in [-0.4, -0.2) is 22.0 Å². The van der Waals surface area contributed by atoms with Gasteiger partial charge in [0.2, 0.25) is 5.88 Å². The van der Waals surface area contributed by atoms with Crippen molar-refractivity contribution in [2.75, 3.05) is 0 Å². The standard InChI is InChI=1S/C27H25ClF3N3O2/c1-17(2)26(35)34(36-25-12-9-22(16-33-25)27(29,30)31)18(3)24(14-19-7-10-23(28)11-8-19)21-6-4-5-20(13-21)15-32/h4-13,16-18,24H,14H2,1-3H3/t18-,24+/m0/s1. The van der Waals surface area contributed by atoms with E-state index in [0.717, 1.165) is 23.3 Å². The molecule has 0 radical (unpaired) electrons. The van der Waals surface area contributed by atoms with Gasteiger partial charge < -0.3 is 4.84 Å². The maximum Gasteiger partial charge on any atom is 0.417 e. The minimum absolute atomic E-state index is 0.139. The van der Waals surface area contributed by atoms with E-state index in [1.54, 1.807) is 51.1 Å². The van der Waals surface area contributed by atoms with E-state index in [1.165, 1.54) is 5.06 Å². The van der Waals surface area contributed by atoms with E-state index in [0.29, 0.717) is 23.2 Å². The fourth-order valence-corrected chi connectivity index (χ4v) is 3.86. The second kappa shape index (κ2) is 11.4. The third-order valence-electron chi connectivity index (χ3n) is 5.73. The molecule has 9 heteroatoms. The van der Waals surface area contributed by atoms with Crippen molar-refractivity contribution in [3.05, 3.63) is 94.1 Å². The number of aromatic nitrogens is 1. The van der Waals surface area contributed by atoms with Crippen LogP contribution in [0.3, 0.4) is 0 Å². The number of hydrogen-bond donors (Lipinski definition) is 0. The van der Waals surface area contributed by atoms with Gasteiger partial charge in [-0.1, -0.05) is 49.7 Å². The number of hydroxylamine groups is 2. The molecule has 3 aromatic rings. The monoisotopic (exact) mass is 515 g/mol. The summed E-state index contributed by atoms with van der Waals surface area (Å²) in [6.07, 6.45) is -3.39. The Labute approximate surface area is 213 Å². The van der Waals surface area contributed by atoms with Crippen molar-refractivity contribution in [1.29, 1.82) is 5.26 Å². The molecule has 0 aliphatic heterocycles. The molecule has 0 fully saturated rings. The number of hydrogen-bond acceptors (Lipinski definition) is 4. The highest BCUT2D eigenvalue weighted by Crippen LogP contribution is 2.32. The first-order chi connectivity index (χ1) is 17.0. The Morgan fingerprint density at radius 3 is 2.36 bits per heavy atom. The Balaban J connectivity index is 2.00. The zero-order chi connectivity index (χ0) is 26.5. The van der Waals surface area contributed by atoms with Crippen LogP contribution < -0.4 is 4.84 Å². The van der Waals surface area contributed by atoms with Gasteiger partial charge in [-0.05, 0) is 54.8 Å². The highest BCUT2D eigenvalue weighted by molar-refractivity contribution is 6.30. The van der Waals surface area contributed by atoms with Gasteiger partial charge in [-0.25, -0.2) is 4.98 Å². The van der Waals surface area contributed by atoms with Crippen LogP contribution in [0.1, 0.15) is 48.9 Å². The molecule has 1 aromatic heterocycles. The molecule has 0 bridgehead atoms. The molecule has 0 aliphatic carbocycles. The zero-order valence-electron chi connectivity index (χ0n) is 20.0. The van der Waals surface area contributed by atoms with Crippen molar-refractivity contribution in [3.8, 4) is 11.9 Å². The molecule has 0 unspecified atom stereocenters. The SMILES string of the molecule is CC(C)C(=O)N(Oc1ccc(C(F)(F)F)cn1)[C@@H](C)[C@@H](Cc1ccc(Cl)cc1)c1cccc(C#N)c1. The molecule has 3 rings (SSSR count). The molecule has 2 aromatic carbocycles. The highest BCUT2D eigenvalue weighted by atomic mass is 35.5. The van der Waals surface area contributed by atoms with Crippen LogP contribution in [0.5, 0.6) is 5.88 Å². The molecular weight excluding hydrogens is 491 g/mol. The lowest BCUT2D eigenvalue weighted by molar-refractivity contribution is -0.171. The Morgan fingerprint density at radius 2 is 1.81 bits per heavy atom.